The maximum atomic E-state index is 12.7. The fourth-order valence-corrected chi connectivity index (χ4v) is 2.97. The topological polar surface area (TPSA) is 90.2 Å². The number of pyridine rings is 1. The van der Waals surface area contributed by atoms with Gasteiger partial charge in [0.15, 0.2) is 17.2 Å². The number of ketones is 1. The highest BCUT2D eigenvalue weighted by molar-refractivity contribution is 6.07. The number of hydrogen-bond donors (Lipinski definition) is 0. The van der Waals surface area contributed by atoms with E-state index in [1.807, 2.05) is 6.92 Å². The molecule has 2 aromatic rings. The van der Waals surface area contributed by atoms with Gasteiger partial charge in [-0.05, 0) is 37.5 Å². The first kappa shape index (κ1) is 22.3. The average molecular weight is 439 g/mol. The highest BCUT2D eigenvalue weighted by Gasteiger charge is 2.41. The molecule has 0 unspecified atom stereocenters. The number of imide groups is 1. The Labute approximate surface area is 175 Å². The Balaban J connectivity index is 1.55. The highest BCUT2D eigenvalue weighted by atomic mass is 19.4. The van der Waals surface area contributed by atoms with Gasteiger partial charge in [-0.15, -0.1) is 0 Å². The number of Topliss-reactive ketones (excluding diaryl/α,β-unsaturated/α-hetero) is 1. The molecule has 31 heavy (non-hydrogen) atoms. The smallest absolute Gasteiger partial charge is 0.456 e. The number of carbonyl (C=O) groups is 3. The van der Waals surface area contributed by atoms with Crippen molar-refractivity contribution in [1.82, 2.24) is 14.3 Å². The summed E-state index contributed by atoms with van der Waals surface area (Å²) in [6.45, 7) is 2.27. The summed E-state index contributed by atoms with van der Waals surface area (Å²) in [6.07, 6.45) is 0.371. The molecule has 8 nitrogen and oxygen atoms in total. The van der Waals surface area contributed by atoms with Crippen LogP contribution in [0.4, 0.5) is 18.0 Å². The third-order valence-corrected chi connectivity index (χ3v) is 4.52. The fraction of sp³-hybridized carbons (Fsp3) is 0.400. The van der Waals surface area contributed by atoms with Crippen LogP contribution in [0.1, 0.15) is 43.1 Å². The summed E-state index contributed by atoms with van der Waals surface area (Å²) >= 11 is 0. The summed E-state index contributed by atoms with van der Waals surface area (Å²) in [7, 11) is 0. The van der Waals surface area contributed by atoms with Crippen LogP contribution < -0.4 is 4.74 Å². The van der Waals surface area contributed by atoms with Gasteiger partial charge in [0, 0.05) is 12.7 Å². The summed E-state index contributed by atoms with van der Waals surface area (Å²) in [5, 5.41) is 0. The Morgan fingerprint density at radius 2 is 2.06 bits per heavy atom. The van der Waals surface area contributed by atoms with Gasteiger partial charge in [-0.1, -0.05) is 13.3 Å². The van der Waals surface area contributed by atoms with E-state index in [9.17, 15) is 27.6 Å². The number of allylic oxidation sites excluding steroid dienone is 1. The van der Waals surface area contributed by atoms with Gasteiger partial charge in [0.05, 0.1) is 12.8 Å². The molecule has 0 N–H and O–H groups in total. The molecule has 1 saturated heterocycles. The standard InChI is InChI=1S/C20H20F3N3O5/c1-2-3-7-15-18(28)26(19(29)31-15)9-4-5-11-30-14-8-6-10-25-13(12-24-17(14)25)16(27)20(21,22)23/h6-8,10,12H,2-5,9,11H2,1H3/b15-7-. The normalized spacial score (nSPS) is 15.7. The zero-order valence-corrected chi connectivity index (χ0v) is 16.6. The second kappa shape index (κ2) is 9.19. The van der Waals surface area contributed by atoms with Crippen molar-refractivity contribution in [3.8, 4) is 5.75 Å². The molecule has 1 fully saturated rings. The van der Waals surface area contributed by atoms with E-state index >= 15 is 0 Å². The number of imidazole rings is 1. The fourth-order valence-electron chi connectivity index (χ4n) is 2.97. The van der Waals surface area contributed by atoms with E-state index in [1.165, 1.54) is 18.3 Å². The van der Waals surface area contributed by atoms with Gasteiger partial charge in [0.2, 0.25) is 0 Å². The van der Waals surface area contributed by atoms with Crippen LogP contribution in [0, 0.1) is 0 Å². The van der Waals surface area contributed by atoms with Gasteiger partial charge < -0.3 is 9.47 Å². The molecule has 0 bridgehead atoms. The van der Waals surface area contributed by atoms with E-state index in [2.05, 4.69) is 4.98 Å². The Morgan fingerprint density at radius 1 is 1.29 bits per heavy atom. The zero-order valence-electron chi connectivity index (χ0n) is 16.6. The first-order chi connectivity index (χ1) is 14.7. The molecule has 11 heteroatoms. The molecule has 0 saturated carbocycles. The molecule has 166 valence electrons. The molecule has 0 spiro atoms. The van der Waals surface area contributed by atoms with E-state index in [-0.39, 0.29) is 30.3 Å². The maximum absolute atomic E-state index is 12.7. The Morgan fingerprint density at radius 3 is 2.77 bits per heavy atom. The number of aromatic nitrogens is 2. The number of carbonyl (C=O) groups excluding carboxylic acids is 3. The number of hydrogen-bond acceptors (Lipinski definition) is 6. The van der Waals surface area contributed by atoms with Gasteiger partial charge in [-0.3, -0.25) is 14.0 Å². The van der Waals surface area contributed by atoms with Crippen molar-refractivity contribution in [3.05, 3.63) is 42.1 Å². The van der Waals surface area contributed by atoms with E-state index < -0.39 is 29.7 Å². The lowest BCUT2D eigenvalue weighted by molar-refractivity contribution is -0.123. The average Bonchev–Trinajstić information content (AvgIpc) is 3.27. The number of ether oxygens (including phenoxy) is 2. The van der Waals surface area contributed by atoms with Gasteiger partial charge in [0.25, 0.3) is 11.7 Å². The predicted octanol–water partition coefficient (Wildman–Crippen LogP) is 3.90. The molecule has 2 amide bonds. The van der Waals surface area contributed by atoms with Gasteiger partial charge in [-0.2, -0.15) is 13.2 Å². The second-order valence-corrected chi connectivity index (χ2v) is 6.77. The van der Waals surface area contributed by atoms with Crippen LogP contribution in [0.2, 0.25) is 0 Å². The number of cyclic esters (lactones) is 1. The number of fused-ring (bicyclic) bond motifs is 1. The van der Waals surface area contributed by atoms with Crippen molar-refractivity contribution >= 4 is 23.4 Å². The number of rotatable bonds is 9. The first-order valence-corrected chi connectivity index (χ1v) is 9.68. The summed E-state index contributed by atoms with van der Waals surface area (Å²) < 4.78 is 49.7. The van der Waals surface area contributed by atoms with Crippen molar-refractivity contribution in [3.63, 3.8) is 0 Å². The summed E-state index contributed by atoms with van der Waals surface area (Å²) in [5.74, 6) is -2.21. The van der Waals surface area contributed by atoms with Crippen LogP contribution >= 0.6 is 0 Å². The van der Waals surface area contributed by atoms with Gasteiger partial charge >= 0.3 is 12.3 Å². The maximum Gasteiger partial charge on any atom is 0.456 e. The summed E-state index contributed by atoms with van der Waals surface area (Å²) in [6, 6.07) is 2.97. The van der Waals surface area contributed by atoms with E-state index in [0.717, 1.165) is 21.9 Å². The van der Waals surface area contributed by atoms with Crippen molar-refractivity contribution in [2.45, 2.75) is 38.8 Å². The minimum absolute atomic E-state index is 0.0401. The Hall–Kier alpha value is -3.37. The van der Waals surface area contributed by atoms with Crippen LogP contribution in [0.15, 0.2) is 36.4 Å². The minimum Gasteiger partial charge on any atom is -0.490 e. The minimum atomic E-state index is -5.01. The molecule has 3 heterocycles. The monoisotopic (exact) mass is 439 g/mol. The van der Waals surface area contributed by atoms with Crippen molar-refractivity contribution in [2.24, 2.45) is 0 Å². The quantitative estimate of drug-likeness (QED) is 0.334. The molecular weight excluding hydrogens is 419 g/mol. The lowest BCUT2D eigenvalue weighted by atomic mass is 10.2. The summed E-state index contributed by atoms with van der Waals surface area (Å²) in [5.41, 5.74) is -0.523. The number of nitrogens with zero attached hydrogens (tertiary/aromatic N) is 3. The first-order valence-electron chi connectivity index (χ1n) is 9.68. The molecule has 0 aromatic carbocycles. The number of unbranched alkanes of at least 4 members (excludes halogenated alkanes) is 2. The van der Waals surface area contributed by atoms with Crippen LogP contribution in [-0.4, -0.2) is 51.4 Å². The summed E-state index contributed by atoms with van der Waals surface area (Å²) in [4.78, 5) is 40.3. The van der Waals surface area contributed by atoms with Gasteiger partial charge in [-0.25, -0.2) is 14.7 Å². The molecule has 1 aliphatic heterocycles. The largest absolute Gasteiger partial charge is 0.490 e. The van der Waals surface area contributed by atoms with Crippen LogP contribution in [0.3, 0.4) is 0 Å². The van der Waals surface area contributed by atoms with Crippen molar-refractivity contribution in [2.75, 3.05) is 13.2 Å². The number of amides is 2. The number of alkyl halides is 3. The van der Waals surface area contributed by atoms with E-state index in [0.29, 0.717) is 19.3 Å². The lowest BCUT2D eigenvalue weighted by Gasteiger charge is -2.11. The molecule has 0 radical (unpaired) electrons. The van der Waals surface area contributed by atoms with Crippen LogP contribution in [0.25, 0.3) is 5.65 Å². The molecule has 2 aromatic heterocycles. The van der Waals surface area contributed by atoms with Gasteiger partial charge in [0.1, 0.15) is 5.69 Å². The third kappa shape index (κ3) is 4.86. The SMILES string of the molecule is CCC/C=C1\OC(=O)N(CCCCOc2cccn3c(C(=O)C(F)(F)F)cnc23)C1=O. The predicted molar refractivity (Wildman–Crippen MR) is 101 cm³/mol. The molecule has 0 aliphatic carbocycles. The van der Waals surface area contributed by atoms with Crippen molar-refractivity contribution < 1.29 is 37.0 Å². The Kier molecular flexibility index (Phi) is 6.62. The Bertz CT molecular complexity index is 1030. The number of halogens is 3. The molecular formula is C20H20F3N3O5. The molecule has 0 atom stereocenters. The highest BCUT2D eigenvalue weighted by Crippen LogP contribution is 2.25. The van der Waals surface area contributed by atoms with E-state index in [4.69, 9.17) is 9.47 Å². The zero-order chi connectivity index (χ0) is 22.6. The second-order valence-electron chi connectivity index (χ2n) is 6.77. The van der Waals surface area contributed by atoms with E-state index in [1.54, 1.807) is 6.08 Å². The molecule has 1 aliphatic rings. The molecule has 3 rings (SSSR count). The third-order valence-electron chi connectivity index (χ3n) is 4.52. The van der Waals surface area contributed by atoms with Crippen LogP contribution in [-0.2, 0) is 9.53 Å². The lowest BCUT2D eigenvalue weighted by Crippen LogP contribution is -2.30. The van der Waals surface area contributed by atoms with Crippen LogP contribution in [0.5, 0.6) is 5.75 Å². The van der Waals surface area contributed by atoms with Crippen molar-refractivity contribution in [1.29, 1.82) is 0 Å².